The summed E-state index contributed by atoms with van der Waals surface area (Å²) in [7, 11) is 0. The fourth-order valence-corrected chi connectivity index (χ4v) is 3.26. The van der Waals surface area contributed by atoms with Crippen LogP contribution >= 0.6 is 22.6 Å². The maximum atomic E-state index is 11.1. The normalized spacial score (nSPS) is 26.5. The lowest BCUT2D eigenvalue weighted by Crippen LogP contribution is -2.38. The number of hydrogen-bond donors (Lipinski definition) is 1. The first-order valence-corrected chi connectivity index (χ1v) is 7.09. The Balaban J connectivity index is 1.76. The first-order valence-electron chi connectivity index (χ1n) is 6.01. The van der Waals surface area contributed by atoms with E-state index in [0.717, 1.165) is 28.9 Å². The number of pyridine rings is 1. The van der Waals surface area contributed by atoms with E-state index in [1.165, 1.54) is 0 Å². The van der Waals surface area contributed by atoms with E-state index in [9.17, 15) is 4.79 Å². The summed E-state index contributed by atoms with van der Waals surface area (Å²) >= 11 is 2.23. The second-order valence-electron chi connectivity index (χ2n) is 4.83. The Morgan fingerprint density at radius 1 is 1.44 bits per heavy atom. The second kappa shape index (κ2) is 4.56. The molecule has 0 aliphatic carbocycles. The summed E-state index contributed by atoms with van der Waals surface area (Å²) in [4.78, 5) is 19.3. The highest BCUT2D eigenvalue weighted by molar-refractivity contribution is 14.1. The molecule has 6 heteroatoms. The number of fused-ring (bicyclic) bond motifs is 1. The van der Waals surface area contributed by atoms with Crippen LogP contribution in [0.15, 0.2) is 18.3 Å². The molecule has 96 valence electrons. The van der Waals surface area contributed by atoms with Crippen LogP contribution in [0.1, 0.15) is 6.42 Å². The number of likely N-dealkylation sites (tertiary alicyclic amines) is 1. The molecule has 2 aliphatic heterocycles. The summed E-state index contributed by atoms with van der Waals surface area (Å²) in [5.74, 6) is 1.41. The third-order valence-electron chi connectivity index (χ3n) is 3.83. The third-order valence-corrected chi connectivity index (χ3v) is 4.47. The van der Waals surface area contributed by atoms with Gasteiger partial charge in [-0.25, -0.2) is 9.78 Å². The summed E-state index contributed by atoms with van der Waals surface area (Å²) < 4.78 is 1.11. The number of nitrogens with zero attached hydrogens (tertiary/aromatic N) is 3. The van der Waals surface area contributed by atoms with Crippen LogP contribution in [0.4, 0.5) is 10.6 Å². The SMILES string of the molecule is O=C(O)N1CCC2CN(c3ccc(I)cn3)CC21. The average molecular weight is 359 g/mol. The van der Waals surface area contributed by atoms with Gasteiger partial charge in [-0.05, 0) is 41.1 Å². The molecule has 3 heterocycles. The van der Waals surface area contributed by atoms with Crippen molar-refractivity contribution in [1.29, 1.82) is 0 Å². The van der Waals surface area contributed by atoms with Gasteiger partial charge in [0.15, 0.2) is 0 Å². The van der Waals surface area contributed by atoms with E-state index < -0.39 is 6.09 Å². The van der Waals surface area contributed by atoms with Gasteiger partial charge in [-0.1, -0.05) is 0 Å². The van der Waals surface area contributed by atoms with E-state index in [1.54, 1.807) is 4.90 Å². The highest BCUT2D eigenvalue weighted by Crippen LogP contribution is 2.33. The molecule has 2 unspecified atom stereocenters. The van der Waals surface area contributed by atoms with Crippen LogP contribution < -0.4 is 4.90 Å². The molecule has 1 amide bonds. The molecule has 0 spiro atoms. The molecule has 1 N–H and O–H groups in total. The smallest absolute Gasteiger partial charge is 0.407 e. The van der Waals surface area contributed by atoms with E-state index in [0.29, 0.717) is 12.5 Å². The number of hydrogen-bond acceptors (Lipinski definition) is 3. The van der Waals surface area contributed by atoms with E-state index in [2.05, 4.69) is 32.5 Å². The molecular formula is C12H14IN3O2. The molecule has 0 bridgehead atoms. The Kier molecular flexibility index (Phi) is 3.04. The van der Waals surface area contributed by atoms with Crippen molar-refractivity contribution >= 4 is 34.5 Å². The summed E-state index contributed by atoms with van der Waals surface area (Å²) in [6, 6.07) is 4.18. The topological polar surface area (TPSA) is 56.7 Å². The molecule has 0 saturated carbocycles. The first-order chi connectivity index (χ1) is 8.65. The Bertz CT molecular complexity index is 465. The van der Waals surface area contributed by atoms with E-state index in [-0.39, 0.29) is 6.04 Å². The number of carboxylic acid groups (broad SMARTS) is 1. The lowest BCUT2D eigenvalue weighted by atomic mass is 10.1. The quantitative estimate of drug-likeness (QED) is 0.778. The monoisotopic (exact) mass is 359 g/mol. The fourth-order valence-electron chi connectivity index (χ4n) is 2.94. The molecule has 2 saturated heterocycles. The number of aromatic nitrogens is 1. The number of halogens is 1. The Labute approximate surface area is 119 Å². The predicted molar refractivity (Wildman–Crippen MR) is 75.8 cm³/mol. The van der Waals surface area contributed by atoms with Crippen molar-refractivity contribution in [3.05, 3.63) is 21.9 Å². The van der Waals surface area contributed by atoms with Gasteiger partial charge >= 0.3 is 6.09 Å². The van der Waals surface area contributed by atoms with Gasteiger partial charge in [-0.15, -0.1) is 0 Å². The molecule has 1 aromatic rings. The van der Waals surface area contributed by atoms with Gasteiger partial charge in [-0.3, -0.25) is 0 Å². The van der Waals surface area contributed by atoms with E-state index >= 15 is 0 Å². The number of rotatable bonds is 1. The van der Waals surface area contributed by atoms with Crippen LogP contribution in [0.5, 0.6) is 0 Å². The molecule has 18 heavy (non-hydrogen) atoms. The van der Waals surface area contributed by atoms with Crippen LogP contribution in [0.2, 0.25) is 0 Å². The van der Waals surface area contributed by atoms with Crippen LogP contribution in [0, 0.1) is 9.49 Å². The zero-order valence-electron chi connectivity index (χ0n) is 9.79. The number of amides is 1. The van der Waals surface area contributed by atoms with Gasteiger partial charge in [0, 0.05) is 35.3 Å². The molecule has 0 radical (unpaired) electrons. The summed E-state index contributed by atoms with van der Waals surface area (Å²) in [6.45, 7) is 2.37. The molecule has 1 aromatic heterocycles. The standard InChI is InChI=1S/C12H14IN3O2/c13-9-1-2-11(14-5-9)15-6-8-3-4-16(12(17)18)10(8)7-15/h1-2,5,8,10H,3-4,6-7H2,(H,17,18). The molecule has 2 atom stereocenters. The van der Waals surface area contributed by atoms with Crippen molar-refractivity contribution in [3.8, 4) is 0 Å². The first kappa shape index (κ1) is 12.0. The maximum Gasteiger partial charge on any atom is 0.407 e. The van der Waals surface area contributed by atoms with Crippen molar-refractivity contribution in [2.45, 2.75) is 12.5 Å². The minimum absolute atomic E-state index is 0.142. The predicted octanol–water partition coefficient (Wildman–Crippen LogP) is 1.87. The largest absolute Gasteiger partial charge is 0.465 e. The highest BCUT2D eigenvalue weighted by atomic mass is 127. The van der Waals surface area contributed by atoms with Gasteiger partial charge in [0.1, 0.15) is 5.82 Å². The summed E-state index contributed by atoms with van der Waals surface area (Å²) in [6.07, 6.45) is 2.02. The molecule has 5 nitrogen and oxygen atoms in total. The maximum absolute atomic E-state index is 11.1. The Hall–Kier alpha value is -1.05. The van der Waals surface area contributed by atoms with Crippen molar-refractivity contribution in [1.82, 2.24) is 9.88 Å². The summed E-state index contributed by atoms with van der Waals surface area (Å²) in [5.41, 5.74) is 0. The number of carbonyl (C=O) groups is 1. The van der Waals surface area contributed by atoms with Crippen molar-refractivity contribution in [3.63, 3.8) is 0 Å². The molecular weight excluding hydrogens is 345 g/mol. The Morgan fingerprint density at radius 2 is 2.28 bits per heavy atom. The van der Waals surface area contributed by atoms with Gasteiger partial charge in [0.05, 0.1) is 6.04 Å². The van der Waals surface area contributed by atoms with Gasteiger partial charge < -0.3 is 14.9 Å². The van der Waals surface area contributed by atoms with Crippen molar-refractivity contribution in [2.24, 2.45) is 5.92 Å². The zero-order valence-corrected chi connectivity index (χ0v) is 11.9. The summed E-state index contributed by atoms with van der Waals surface area (Å²) in [5, 5.41) is 9.14. The lowest BCUT2D eigenvalue weighted by Gasteiger charge is -2.22. The molecule has 3 rings (SSSR count). The van der Waals surface area contributed by atoms with Crippen LogP contribution in [-0.4, -0.2) is 46.8 Å². The fraction of sp³-hybridized carbons (Fsp3) is 0.500. The number of anilines is 1. The lowest BCUT2D eigenvalue weighted by molar-refractivity contribution is 0.140. The van der Waals surface area contributed by atoms with Crippen LogP contribution in [0.3, 0.4) is 0 Å². The minimum atomic E-state index is -0.792. The van der Waals surface area contributed by atoms with Gasteiger partial charge in [0.25, 0.3) is 0 Å². The molecule has 2 fully saturated rings. The average Bonchev–Trinajstić information content (AvgIpc) is 2.88. The van der Waals surface area contributed by atoms with E-state index in [1.807, 2.05) is 18.3 Å². The Morgan fingerprint density at radius 3 is 2.94 bits per heavy atom. The zero-order chi connectivity index (χ0) is 12.7. The van der Waals surface area contributed by atoms with Gasteiger partial charge in [0.2, 0.25) is 0 Å². The van der Waals surface area contributed by atoms with Crippen LogP contribution in [0.25, 0.3) is 0 Å². The van der Waals surface area contributed by atoms with Crippen LogP contribution in [-0.2, 0) is 0 Å². The van der Waals surface area contributed by atoms with Crippen molar-refractivity contribution < 1.29 is 9.90 Å². The highest BCUT2D eigenvalue weighted by Gasteiger charge is 2.43. The minimum Gasteiger partial charge on any atom is -0.465 e. The molecule has 0 aromatic carbocycles. The van der Waals surface area contributed by atoms with E-state index in [4.69, 9.17) is 5.11 Å². The molecule has 2 aliphatic rings. The van der Waals surface area contributed by atoms with Crippen molar-refractivity contribution in [2.75, 3.05) is 24.5 Å². The van der Waals surface area contributed by atoms with Gasteiger partial charge in [-0.2, -0.15) is 0 Å². The second-order valence-corrected chi connectivity index (χ2v) is 6.08. The third kappa shape index (κ3) is 2.02.